The van der Waals surface area contributed by atoms with Gasteiger partial charge in [-0.15, -0.1) is 0 Å². The molecule has 0 aromatic heterocycles. The number of hydrogen-bond donors (Lipinski definition) is 1. The summed E-state index contributed by atoms with van der Waals surface area (Å²) in [5, 5.41) is 4.05. The van der Waals surface area contributed by atoms with Gasteiger partial charge >= 0.3 is 0 Å². The Morgan fingerprint density at radius 1 is 1.09 bits per heavy atom. The van der Waals surface area contributed by atoms with E-state index in [0.29, 0.717) is 5.03 Å². The van der Waals surface area contributed by atoms with Crippen LogP contribution in [-0.2, 0) is 0 Å². The molecule has 1 fully saturated rings. The van der Waals surface area contributed by atoms with Crippen LogP contribution in [-0.4, -0.2) is 23.0 Å². The lowest BCUT2D eigenvalue weighted by Gasteiger charge is -2.38. The first-order valence-electron chi connectivity index (χ1n) is 7.84. The van der Waals surface area contributed by atoms with E-state index >= 15 is 0 Å². The topological polar surface area (TPSA) is 32.3 Å². The van der Waals surface area contributed by atoms with Crippen molar-refractivity contribution in [3.05, 3.63) is 70.8 Å². The Kier molecular flexibility index (Phi) is 3.58. The second-order valence-corrected chi connectivity index (χ2v) is 6.41. The Morgan fingerprint density at radius 3 is 2.52 bits per heavy atom. The highest BCUT2D eigenvalue weighted by Gasteiger charge is 2.42. The molecular weight excluding hydrogens is 308 g/mol. The summed E-state index contributed by atoms with van der Waals surface area (Å²) in [5.41, 5.74) is 2.60. The Labute approximate surface area is 140 Å². The van der Waals surface area contributed by atoms with Crippen molar-refractivity contribution in [1.29, 1.82) is 0 Å². The largest absolute Gasteiger partial charge is 0.360 e. The summed E-state index contributed by atoms with van der Waals surface area (Å²) >= 11 is 6.60. The summed E-state index contributed by atoms with van der Waals surface area (Å²) in [6.07, 6.45) is 3.71. The molecule has 2 aliphatic rings. The molecule has 2 aromatic rings. The van der Waals surface area contributed by atoms with E-state index in [9.17, 15) is 4.79 Å². The van der Waals surface area contributed by atoms with Crippen molar-refractivity contribution in [1.82, 2.24) is 4.90 Å². The first-order valence-corrected chi connectivity index (χ1v) is 8.22. The number of amides is 1. The molecule has 4 rings (SSSR count). The highest BCUT2D eigenvalue weighted by molar-refractivity contribution is 6.32. The van der Waals surface area contributed by atoms with Crippen molar-refractivity contribution >= 4 is 29.3 Å². The van der Waals surface area contributed by atoms with Gasteiger partial charge in [-0.3, -0.25) is 4.79 Å². The molecule has 1 aliphatic heterocycles. The lowest BCUT2D eigenvalue weighted by molar-refractivity contribution is 0.0700. The van der Waals surface area contributed by atoms with E-state index in [0.717, 1.165) is 29.7 Å². The van der Waals surface area contributed by atoms with Gasteiger partial charge in [0, 0.05) is 11.7 Å². The number of halogens is 1. The quantitative estimate of drug-likeness (QED) is 0.911. The lowest BCUT2D eigenvalue weighted by atomic mass is 10.1. The maximum atomic E-state index is 12.9. The van der Waals surface area contributed by atoms with Crippen LogP contribution in [0.15, 0.2) is 59.6 Å². The lowest BCUT2D eigenvalue weighted by Crippen LogP contribution is -2.50. The minimum Gasteiger partial charge on any atom is -0.360 e. The number of rotatable bonds is 3. The Morgan fingerprint density at radius 2 is 1.78 bits per heavy atom. The Bertz CT molecular complexity index is 768. The van der Waals surface area contributed by atoms with Crippen molar-refractivity contribution in [2.75, 3.05) is 5.32 Å². The maximum absolute atomic E-state index is 12.9. The molecule has 1 unspecified atom stereocenters. The smallest absolute Gasteiger partial charge is 0.258 e. The summed E-state index contributed by atoms with van der Waals surface area (Å²) in [5.74, 6) is 0.0615. The zero-order chi connectivity index (χ0) is 15.8. The molecule has 1 heterocycles. The summed E-state index contributed by atoms with van der Waals surface area (Å²) in [6, 6.07) is 17.8. The molecule has 0 radical (unpaired) electrons. The maximum Gasteiger partial charge on any atom is 0.258 e. The van der Waals surface area contributed by atoms with Gasteiger partial charge < -0.3 is 10.2 Å². The third kappa shape index (κ3) is 2.73. The van der Waals surface area contributed by atoms with Gasteiger partial charge in [0.15, 0.2) is 0 Å². The van der Waals surface area contributed by atoms with Gasteiger partial charge in [-0.1, -0.05) is 54.1 Å². The first-order chi connectivity index (χ1) is 11.2. The van der Waals surface area contributed by atoms with E-state index < -0.39 is 0 Å². The molecule has 1 aliphatic carbocycles. The molecular formula is C19H17ClN2O. The number of hydrogen-bond acceptors (Lipinski definition) is 2. The van der Waals surface area contributed by atoms with Crippen LogP contribution in [0.25, 0.3) is 6.08 Å². The highest BCUT2D eigenvalue weighted by Crippen LogP contribution is 2.38. The van der Waals surface area contributed by atoms with Crippen molar-refractivity contribution in [3.63, 3.8) is 0 Å². The second-order valence-electron chi connectivity index (χ2n) is 5.98. The van der Waals surface area contributed by atoms with E-state index in [1.807, 2.05) is 65.6 Å². The van der Waals surface area contributed by atoms with Crippen LogP contribution in [0.2, 0.25) is 0 Å². The molecule has 2 aromatic carbocycles. The summed E-state index contributed by atoms with van der Waals surface area (Å²) in [6.45, 7) is 0. The van der Waals surface area contributed by atoms with Crippen LogP contribution in [0, 0.1) is 0 Å². The summed E-state index contributed by atoms with van der Waals surface area (Å²) in [4.78, 5) is 14.8. The zero-order valence-corrected chi connectivity index (χ0v) is 13.3. The van der Waals surface area contributed by atoms with Gasteiger partial charge in [0.2, 0.25) is 0 Å². The Balaban J connectivity index is 1.72. The third-order valence-corrected chi connectivity index (χ3v) is 4.58. The van der Waals surface area contributed by atoms with Crippen LogP contribution in [0.3, 0.4) is 0 Å². The standard InChI is InChI=1S/C19H17ClN2O/c20-16(12-13-6-2-1-3-7-13)18-21-17-9-5-4-8-15(17)19(23)22(18)14-10-11-14/h1-9,12,14,18,21H,10-11H2/b16-12-. The second kappa shape index (κ2) is 5.74. The fourth-order valence-electron chi connectivity index (χ4n) is 2.99. The van der Waals surface area contributed by atoms with Gasteiger partial charge in [-0.05, 0) is 36.6 Å². The van der Waals surface area contributed by atoms with Crippen LogP contribution in [0.5, 0.6) is 0 Å². The number of anilines is 1. The van der Waals surface area contributed by atoms with E-state index in [1.54, 1.807) is 0 Å². The minimum atomic E-state index is -0.299. The number of nitrogens with one attached hydrogen (secondary N) is 1. The van der Waals surface area contributed by atoms with Crippen LogP contribution >= 0.6 is 11.6 Å². The number of carbonyl (C=O) groups is 1. The average molecular weight is 325 g/mol. The van der Waals surface area contributed by atoms with Crippen LogP contribution in [0.1, 0.15) is 28.8 Å². The Hall–Kier alpha value is -2.26. The number of benzene rings is 2. The van der Waals surface area contributed by atoms with Gasteiger partial charge in [0.25, 0.3) is 5.91 Å². The van der Waals surface area contributed by atoms with Crippen LogP contribution in [0.4, 0.5) is 5.69 Å². The molecule has 0 saturated heterocycles. The number of para-hydroxylation sites is 1. The molecule has 1 amide bonds. The molecule has 3 nitrogen and oxygen atoms in total. The van der Waals surface area contributed by atoms with E-state index in [2.05, 4.69) is 5.32 Å². The van der Waals surface area contributed by atoms with Crippen molar-refractivity contribution in [2.24, 2.45) is 0 Å². The fourth-order valence-corrected chi connectivity index (χ4v) is 3.27. The van der Waals surface area contributed by atoms with Gasteiger partial charge in [-0.25, -0.2) is 0 Å². The molecule has 4 heteroatoms. The number of carbonyl (C=O) groups excluding carboxylic acids is 1. The monoisotopic (exact) mass is 324 g/mol. The van der Waals surface area contributed by atoms with Crippen LogP contribution < -0.4 is 5.32 Å². The summed E-state index contributed by atoms with van der Waals surface area (Å²) < 4.78 is 0. The van der Waals surface area contributed by atoms with Crippen molar-refractivity contribution in [2.45, 2.75) is 25.0 Å². The predicted molar refractivity (Wildman–Crippen MR) is 93.3 cm³/mol. The van der Waals surface area contributed by atoms with E-state index in [4.69, 9.17) is 11.6 Å². The SMILES string of the molecule is O=C1c2ccccc2NC(/C(Cl)=C/c2ccccc2)N1C1CC1. The van der Waals surface area contributed by atoms with Crippen molar-refractivity contribution in [3.8, 4) is 0 Å². The molecule has 1 saturated carbocycles. The zero-order valence-electron chi connectivity index (χ0n) is 12.6. The molecule has 1 N–H and O–H groups in total. The van der Waals surface area contributed by atoms with Crippen molar-refractivity contribution < 1.29 is 4.79 Å². The number of fused-ring (bicyclic) bond motifs is 1. The minimum absolute atomic E-state index is 0.0615. The predicted octanol–water partition coefficient (Wildman–Crippen LogP) is 4.32. The molecule has 23 heavy (non-hydrogen) atoms. The molecule has 0 bridgehead atoms. The molecule has 116 valence electrons. The highest BCUT2D eigenvalue weighted by atomic mass is 35.5. The average Bonchev–Trinajstić information content (AvgIpc) is 3.40. The van der Waals surface area contributed by atoms with Gasteiger partial charge in [0.05, 0.1) is 10.6 Å². The molecule has 0 spiro atoms. The summed E-state index contributed by atoms with van der Waals surface area (Å²) in [7, 11) is 0. The third-order valence-electron chi connectivity index (χ3n) is 4.27. The molecule has 1 atom stereocenters. The van der Waals surface area contributed by atoms with Gasteiger partial charge in [0.1, 0.15) is 6.17 Å². The fraction of sp³-hybridized carbons (Fsp3) is 0.211. The number of nitrogens with zero attached hydrogens (tertiary/aromatic N) is 1. The van der Waals surface area contributed by atoms with E-state index in [1.165, 1.54) is 0 Å². The first kappa shape index (κ1) is 14.3. The van der Waals surface area contributed by atoms with E-state index in [-0.39, 0.29) is 18.1 Å². The normalized spacial score (nSPS) is 20.9. The van der Waals surface area contributed by atoms with Gasteiger partial charge in [-0.2, -0.15) is 0 Å².